The van der Waals surface area contributed by atoms with Gasteiger partial charge in [-0.15, -0.1) is 0 Å². The minimum absolute atomic E-state index is 0.0387. The number of hydrogen-bond acceptors (Lipinski definition) is 4. The van der Waals surface area contributed by atoms with Crippen LogP contribution in [0.4, 0.5) is 5.69 Å². The zero-order chi connectivity index (χ0) is 18.6. The summed E-state index contributed by atoms with van der Waals surface area (Å²) in [6.07, 6.45) is 0.580. The van der Waals surface area contributed by atoms with Gasteiger partial charge >= 0.3 is 5.97 Å². The first-order valence-electron chi connectivity index (χ1n) is 7.95. The highest BCUT2D eigenvalue weighted by Gasteiger charge is 2.25. The van der Waals surface area contributed by atoms with Gasteiger partial charge in [0.25, 0.3) is 5.91 Å². The van der Waals surface area contributed by atoms with Gasteiger partial charge in [-0.25, -0.2) is 5.01 Å². The lowest BCUT2D eigenvalue weighted by atomic mass is 9.97. The molecular formula is C17H21N3O5. The molecule has 1 aliphatic rings. The Balaban J connectivity index is 2.03. The first-order chi connectivity index (χ1) is 11.7. The number of carboxylic acid groups (broad SMARTS) is 1. The molecule has 1 saturated heterocycles. The first kappa shape index (κ1) is 18.4. The number of nitrogens with zero attached hydrogens (tertiary/aromatic N) is 1. The normalized spacial score (nSPS) is 14.9. The van der Waals surface area contributed by atoms with E-state index in [1.165, 1.54) is 5.01 Å². The van der Waals surface area contributed by atoms with Crippen molar-refractivity contribution in [3.8, 4) is 0 Å². The first-order valence-corrected chi connectivity index (χ1v) is 7.95. The van der Waals surface area contributed by atoms with Crippen molar-refractivity contribution in [2.75, 3.05) is 5.01 Å². The molecule has 3 N–H and O–H groups in total. The minimum atomic E-state index is -0.917. The molecule has 1 aliphatic heterocycles. The average Bonchev–Trinajstić information content (AvgIpc) is 2.55. The number of nitrogens with one attached hydrogen (secondary N) is 2. The van der Waals surface area contributed by atoms with E-state index in [9.17, 15) is 19.2 Å². The van der Waals surface area contributed by atoms with Crippen molar-refractivity contribution in [2.45, 2.75) is 45.1 Å². The predicted molar refractivity (Wildman–Crippen MR) is 89.7 cm³/mol. The Bertz CT molecular complexity index is 697. The van der Waals surface area contributed by atoms with E-state index in [0.29, 0.717) is 17.7 Å². The van der Waals surface area contributed by atoms with Gasteiger partial charge in [0.2, 0.25) is 11.8 Å². The molecule has 0 bridgehead atoms. The maximum atomic E-state index is 12.3. The van der Waals surface area contributed by atoms with E-state index in [4.69, 9.17) is 5.11 Å². The van der Waals surface area contributed by atoms with Gasteiger partial charge in [-0.3, -0.25) is 24.6 Å². The molecule has 0 atom stereocenters. The largest absolute Gasteiger partial charge is 0.481 e. The second-order valence-electron chi connectivity index (χ2n) is 6.54. The van der Waals surface area contributed by atoms with E-state index < -0.39 is 11.5 Å². The summed E-state index contributed by atoms with van der Waals surface area (Å²) in [5, 5.41) is 12.7. The minimum Gasteiger partial charge on any atom is -0.481 e. The standard InChI is InChI=1S/C17H21N3O5/c1-17(2,10-9-15(23)24)18-16(25)11-3-5-12(6-4-11)20-14(22)8-7-13(21)19-20/h3-6H,7-10H2,1-2H3,(H,18,25)(H,19,21)(H,23,24). The van der Waals surface area contributed by atoms with Crippen LogP contribution in [0.5, 0.6) is 0 Å². The SMILES string of the molecule is CC(C)(CCC(=O)O)NC(=O)c1ccc(N2NC(=O)CCC2=O)cc1. The van der Waals surface area contributed by atoms with Crippen LogP contribution in [0, 0.1) is 0 Å². The van der Waals surface area contributed by atoms with Crippen molar-refractivity contribution in [3.05, 3.63) is 29.8 Å². The van der Waals surface area contributed by atoms with Gasteiger partial charge in [0.05, 0.1) is 5.69 Å². The second kappa shape index (κ2) is 7.33. The van der Waals surface area contributed by atoms with E-state index in [0.717, 1.165) is 0 Å². The molecule has 3 amide bonds. The lowest BCUT2D eigenvalue weighted by Crippen LogP contribution is -2.50. The van der Waals surface area contributed by atoms with Crippen LogP contribution in [0.3, 0.4) is 0 Å². The van der Waals surface area contributed by atoms with Gasteiger partial charge in [0, 0.05) is 30.4 Å². The van der Waals surface area contributed by atoms with Crippen LogP contribution >= 0.6 is 0 Å². The molecule has 8 heteroatoms. The van der Waals surface area contributed by atoms with E-state index in [-0.39, 0.29) is 37.0 Å². The van der Waals surface area contributed by atoms with Crippen LogP contribution in [0.25, 0.3) is 0 Å². The molecule has 0 aromatic heterocycles. The summed E-state index contributed by atoms with van der Waals surface area (Å²) >= 11 is 0. The second-order valence-corrected chi connectivity index (χ2v) is 6.54. The number of carbonyl (C=O) groups excluding carboxylic acids is 3. The molecular weight excluding hydrogens is 326 g/mol. The van der Waals surface area contributed by atoms with Crippen LogP contribution in [-0.4, -0.2) is 34.3 Å². The Hall–Kier alpha value is -2.90. The molecule has 0 aliphatic carbocycles. The van der Waals surface area contributed by atoms with Gasteiger partial charge in [-0.2, -0.15) is 0 Å². The van der Waals surface area contributed by atoms with Gasteiger partial charge in [0.15, 0.2) is 0 Å². The summed E-state index contributed by atoms with van der Waals surface area (Å²) in [6, 6.07) is 6.24. The van der Waals surface area contributed by atoms with Crippen molar-refractivity contribution in [1.82, 2.24) is 10.7 Å². The number of carbonyl (C=O) groups is 4. The number of aliphatic carboxylic acids is 1. The maximum Gasteiger partial charge on any atom is 0.303 e. The number of hydrogen-bond donors (Lipinski definition) is 3. The van der Waals surface area contributed by atoms with E-state index in [2.05, 4.69) is 10.7 Å². The van der Waals surface area contributed by atoms with Crippen molar-refractivity contribution in [2.24, 2.45) is 0 Å². The third-order valence-corrected chi connectivity index (χ3v) is 3.86. The fourth-order valence-corrected chi connectivity index (χ4v) is 2.41. The zero-order valence-electron chi connectivity index (χ0n) is 14.2. The van der Waals surface area contributed by atoms with Crippen LogP contribution in [0.1, 0.15) is 49.9 Å². The van der Waals surface area contributed by atoms with Gasteiger partial charge in [0.1, 0.15) is 0 Å². The number of hydrazine groups is 1. The highest BCUT2D eigenvalue weighted by atomic mass is 16.4. The molecule has 1 heterocycles. The van der Waals surface area contributed by atoms with Gasteiger partial charge in [-0.05, 0) is 44.5 Å². The van der Waals surface area contributed by atoms with Crippen molar-refractivity contribution < 1.29 is 24.3 Å². The third kappa shape index (κ3) is 5.03. The molecule has 2 rings (SSSR count). The Labute approximate surface area is 145 Å². The zero-order valence-corrected chi connectivity index (χ0v) is 14.2. The Morgan fingerprint density at radius 1 is 1.20 bits per heavy atom. The number of carboxylic acids is 1. The van der Waals surface area contributed by atoms with Gasteiger partial charge < -0.3 is 10.4 Å². The lowest BCUT2D eigenvalue weighted by Gasteiger charge is -2.27. The molecule has 1 aromatic carbocycles. The Morgan fingerprint density at radius 2 is 1.84 bits per heavy atom. The quantitative estimate of drug-likeness (QED) is 0.715. The van der Waals surface area contributed by atoms with Crippen molar-refractivity contribution in [1.29, 1.82) is 0 Å². The summed E-state index contributed by atoms with van der Waals surface area (Å²) in [5.74, 6) is -1.70. The van der Waals surface area contributed by atoms with E-state index in [1.54, 1.807) is 38.1 Å². The highest BCUT2D eigenvalue weighted by Crippen LogP contribution is 2.19. The molecule has 0 spiro atoms. The number of amides is 3. The summed E-state index contributed by atoms with van der Waals surface area (Å²) in [6.45, 7) is 3.51. The molecule has 0 unspecified atom stereocenters. The fraction of sp³-hybridized carbons (Fsp3) is 0.412. The summed E-state index contributed by atoms with van der Waals surface area (Å²) in [5.41, 5.74) is 2.67. The Morgan fingerprint density at radius 3 is 2.44 bits per heavy atom. The van der Waals surface area contributed by atoms with E-state index in [1.807, 2.05) is 0 Å². The summed E-state index contributed by atoms with van der Waals surface area (Å²) in [7, 11) is 0. The number of benzene rings is 1. The van der Waals surface area contributed by atoms with Crippen LogP contribution in [0.15, 0.2) is 24.3 Å². The lowest BCUT2D eigenvalue weighted by molar-refractivity contribution is -0.137. The van der Waals surface area contributed by atoms with Crippen molar-refractivity contribution in [3.63, 3.8) is 0 Å². The van der Waals surface area contributed by atoms with Crippen LogP contribution in [-0.2, 0) is 14.4 Å². The maximum absolute atomic E-state index is 12.3. The topological polar surface area (TPSA) is 116 Å². The monoisotopic (exact) mass is 347 g/mol. The number of anilines is 1. The van der Waals surface area contributed by atoms with Crippen molar-refractivity contribution >= 4 is 29.4 Å². The molecule has 1 aromatic rings. The van der Waals surface area contributed by atoms with Crippen LogP contribution in [0.2, 0.25) is 0 Å². The van der Waals surface area contributed by atoms with Gasteiger partial charge in [-0.1, -0.05) is 0 Å². The number of rotatable bonds is 6. The Kier molecular flexibility index (Phi) is 5.41. The molecule has 0 saturated carbocycles. The summed E-state index contributed by atoms with van der Waals surface area (Å²) < 4.78 is 0. The molecule has 1 fully saturated rings. The highest BCUT2D eigenvalue weighted by molar-refractivity contribution is 6.01. The summed E-state index contributed by atoms with van der Waals surface area (Å²) in [4.78, 5) is 46.2. The molecule has 134 valence electrons. The predicted octanol–water partition coefficient (Wildman–Crippen LogP) is 1.22. The average molecular weight is 347 g/mol. The molecule has 25 heavy (non-hydrogen) atoms. The molecule has 0 radical (unpaired) electrons. The van der Waals surface area contributed by atoms with E-state index >= 15 is 0 Å². The van der Waals surface area contributed by atoms with Crippen LogP contribution < -0.4 is 15.8 Å². The molecule has 8 nitrogen and oxygen atoms in total. The fourth-order valence-electron chi connectivity index (χ4n) is 2.41. The smallest absolute Gasteiger partial charge is 0.303 e. The third-order valence-electron chi connectivity index (χ3n) is 3.86.